The molecule has 0 radical (unpaired) electrons. The molecule has 9 heteroatoms. The van der Waals surface area contributed by atoms with Gasteiger partial charge >= 0.3 is 12.0 Å². The molecule has 9 nitrogen and oxygen atoms in total. The van der Waals surface area contributed by atoms with Crippen molar-refractivity contribution in [2.24, 2.45) is 0 Å². The van der Waals surface area contributed by atoms with Crippen LogP contribution in [0.2, 0.25) is 0 Å². The van der Waals surface area contributed by atoms with E-state index in [9.17, 15) is 14.4 Å². The fourth-order valence-corrected chi connectivity index (χ4v) is 0.920. The Morgan fingerprint density at radius 2 is 1.89 bits per heavy atom. The zero-order valence-electron chi connectivity index (χ0n) is 9.12. The number of rotatable bonds is 5. The summed E-state index contributed by atoms with van der Waals surface area (Å²) in [6.45, 7) is -1.13. The summed E-state index contributed by atoms with van der Waals surface area (Å²) in [6, 6.07) is -0.784. The van der Waals surface area contributed by atoms with E-state index in [1.165, 1.54) is 18.7 Å². The van der Waals surface area contributed by atoms with Crippen LogP contribution in [0, 0.1) is 0 Å². The number of aliphatic carboxylic acids is 1. The molecule has 0 atom stereocenters. The van der Waals surface area contributed by atoms with Crippen molar-refractivity contribution in [3.05, 3.63) is 18.7 Å². The monoisotopic (exact) mass is 254 g/mol. The number of anilines is 1. The van der Waals surface area contributed by atoms with Gasteiger partial charge in [-0.05, 0) is 0 Å². The molecule has 0 aliphatic carbocycles. The summed E-state index contributed by atoms with van der Waals surface area (Å²) in [4.78, 5) is 39.8. The number of nitrogens with zero attached hydrogens (tertiary/aromatic N) is 2. The number of carbonyl (C=O) groups excluding carboxylic acids is 2. The predicted molar refractivity (Wildman–Crippen MR) is 57.6 cm³/mol. The summed E-state index contributed by atoms with van der Waals surface area (Å²) in [5, 5.41) is 12.5. The van der Waals surface area contributed by atoms with Crippen LogP contribution in [-0.4, -0.2) is 46.2 Å². The van der Waals surface area contributed by atoms with Gasteiger partial charge in [0.05, 0.1) is 18.1 Å². The Morgan fingerprint density at radius 1 is 1.22 bits per heavy atom. The lowest BCUT2D eigenvalue weighted by molar-refractivity contribution is -0.143. The van der Waals surface area contributed by atoms with Crippen molar-refractivity contribution in [1.29, 1.82) is 0 Å². The van der Waals surface area contributed by atoms with Crippen LogP contribution < -0.4 is 10.6 Å². The number of ether oxygens (including phenoxy) is 1. The molecular formula is C9H10N4O5. The van der Waals surface area contributed by atoms with E-state index < -0.39 is 31.1 Å². The van der Waals surface area contributed by atoms with Gasteiger partial charge in [-0.15, -0.1) is 0 Å². The van der Waals surface area contributed by atoms with E-state index in [0.717, 1.165) is 0 Å². The highest BCUT2D eigenvalue weighted by Crippen LogP contribution is 1.98. The van der Waals surface area contributed by atoms with Crippen molar-refractivity contribution in [3.8, 4) is 0 Å². The van der Waals surface area contributed by atoms with Gasteiger partial charge in [-0.2, -0.15) is 0 Å². The highest BCUT2D eigenvalue weighted by atomic mass is 16.5. The number of amides is 3. The van der Waals surface area contributed by atoms with Gasteiger partial charge in [-0.3, -0.25) is 10.1 Å². The molecule has 3 amide bonds. The van der Waals surface area contributed by atoms with Gasteiger partial charge in [0, 0.05) is 0 Å². The molecular weight excluding hydrogens is 244 g/mol. The topological polar surface area (TPSA) is 131 Å². The molecule has 0 saturated heterocycles. The average Bonchev–Trinajstić information content (AvgIpc) is 2.29. The summed E-state index contributed by atoms with van der Waals surface area (Å²) in [5.74, 6) is -1.96. The van der Waals surface area contributed by atoms with Crippen LogP contribution in [0.15, 0.2) is 18.7 Å². The second-order valence-corrected chi connectivity index (χ2v) is 3.02. The summed E-state index contributed by atoms with van der Waals surface area (Å²) in [5.41, 5.74) is 0.314. The SMILES string of the molecule is O=C(O)COCC(=O)NC(=O)Nc1cncnc1. The summed E-state index contributed by atoms with van der Waals surface area (Å²) in [6.07, 6.45) is 3.98. The van der Waals surface area contributed by atoms with Gasteiger partial charge in [0.2, 0.25) is 0 Å². The molecule has 96 valence electrons. The Labute approximate surface area is 101 Å². The minimum absolute atomic E-state index is 0.314. The minimum Gasteiger partial charge on any atom is -0.480 e. The molecule has 1 aromatic rings. The highest BCUT2D eigenvalue weighted by molar-refractivity contribution is 6.01. The summed E-state index contributed by atoms with van der Waals surface area (Å²) < 4.78 is 4.49. The fourth-order valence-electron chi connectivity index (χ4n) is 0.920. The highest BCUT2D eigenvalue weighted by Gasteiger charge is 2.08. The minimum atomic E-state index is -1.20. The fraction of sp³-hybridized carbons (Fsp3) is 0.222. The number of nitrogens with one attached hydrogen (secondary N) is 2. The Hall–Kier alpha value is -2.55. The molecule has 0 saturated carbocycles. The van der Waals surface area contributed by atoms with Crippen molar-refractivity contribution < 1.29 is 24.2 Å². The van der Waals surface area contributed by atoms with Crippen molar-refractivity contribution in [3.63, 3.8) is 0 Å². The number of urea groups is 1. The van der Waals surface area contributed by atoms with Crippen molar-refractivity contribution in [2.75, 3.05) is 18.5 Å². The third-order valence-electron chi connectivity index (χ3n) is 1.53. The number of imide groups is 1. The van der Waals surface area contributed by atoms with E-state index >= 15 is 0 Å². The van der Waals surface area contributed by atoms with E-state index in [-0.39, 0.29) is 0 Å². The maximum absolute atomic E-state index is 11.2. The van der Waals surface area contributed by atoms with Crippen molar-refractivity contribution in [2.45, 2.75) is 0 Å². The van der Waals surface area contributed by atoms with E-state index in [1.54, 1.807) is 0 Å². The van der Waals surface area contributed by atoms with Crippen LogP contribution in [0.25, 0.3) is 0 Å². The Bertz CT molecular complexity index is 436. The van der Waals surface area contributed by atoms with Crippen LogP contribution in [0.3, 0.4) is 0 Å². The molecule has 0 bridgehead atoms. The van der Waals surface area contributed by atoms with Gasteiger partial charge in [-0.25, -0.2) is 19.6 Å². The molecule has 0 aliphatic heterocycles. The molecule has 1 aromatic heterocycles. The van der Waals surface area contributed by atoms with Crippen LogP contribution in [0.4, 0.5) is 10.5 Å². The zero-order chi connectivity index (χ0) is 13.4. The summed E-state index contributed by atoms with van der Waals surface area (Å²) in [7, 11) is 0. The number of carbonyl (C=O) groups is 3. The molecule has 0 fully saturated rings. The van der Waals surface area contributed by atoms with E-state index in [0.29, 0.717) is 5.69 Å². The van der Waals surface area contributed by atoms with Crippen LogP contribution in [0.1, 0.15) is 0 Å². The third-order valence-corrected chi connectivity index (χ3v) is 1.53. The van der Waals surface area contributed by atoms with E-state index in [2.05, 4.69) is 20.0 Å². The van der Waals surface area contributed by atoms with Gasteiger partial charge in [0.1, 0.15) is 19.5 Å². The first-order chi connectivity index (χ1) is 8.58. The molecule has 18 heavy (non-hydrogen) atoms. The maximum atomic E-state index is 11.2. The first-order valence-corrected chi connectivity index (χ1v) is 4.73. The standard InChI is InChI=1S/C9H10N4O5/c14-7(3-18-4-8(15)16)13-9(17)12-6-1-10-5-11-2-6/h1-2,5H,3-4H2,(H,15,16)(H2,12,13,14,17). The number of hydrogen-bond donors (Lipinski definition) is 3. The normalized spacial score (nSPS) is 9.56. The zero-order valence-corrected chi connectivity index (χ0v) is 9.12. The van der Waals surface area contributed by atoms with Crippen molar-refractivity contribution in [1.82, 2.24) is 15.3 Å². The molecule has 3 N–H and O–H groups in total. The van der Waals surface area contributed by atoms with Gasteiger partial charge in [0.25, 0.3) is 5.91 Å². The average molecular weight is 254 g/mol. The first kappa shape index (κ1) is 13.5. The van der Waals surface area contributed by atoms with Gasteiger partial charge in [-0.1, -0.05) is 0 Å². The lowest BCUT2D eigenvalue weighted by Crippen LogP contribution is -2.37. The number of carboxylic acids is 1. The van der Waals surface area contributed by atoms with Gasteiger partial charge in [0.15, 0.2) is 0 Å². The van der Waals surface area contributed by atoms with E-state index in [4.69, 9.17) is 5.11 Å². The largest absolute Gasteiger partial charge is 0.480 e. The van der Waals surface area contributed by atoms with E-state index in [1.807, 2.05) is 5.32 Å². The Balaban J connectivity index is 2.27. The number of aromatic nitrogens is 2. The molecule has 0 spiro atoms. The second-order valence-electron chi connectivity index (χ2n) is 3.02. The Kier molecular flexibility index (Phi) is 5.19. The molecule has 1 heterocycles. The number of carboxylic acid groups (broad SMARTS) is 1. The van der Waals surface area contributed by atoms with Gasteiger partial charge < -0.3 is 15.2 Å². The van der Waals surface area contributed by atoms with Crippen LogP contribution in [-0.2, 0) is 14.3 Å². The summed E-state index contributed by atoms with van der Waals surface area (Å²) >= 11 is 0. The predicted octanol–water partition coefficient (Wildman–Crippen LogP) is -0.774. The second kappa shape index (κ2) is 6.91. The molecule has 0 aromatic carbocycles. The maximum Gasteiger partial charge on any atom is 0.329 e. The number of hydrogen-bond acceptors (Lipinski definition) is 6. The lowest BCUT2D eigenvalue weighted by atomic mass is 10.5. The quantitative estimate of drug-likeness (QED) is 0.628. The third kappa shape index (κ3) is 5.51. The van der Waals surface area contributed by atoms with Crippen molar-refractivity contribution >= 4 is 23.6 Å². The Morgan fingerprint density at radius 3 is 2.50 bits per heavy atom. The van der Waals surface area contributed by atoms with Crippen LogP contribution >= 0.6 is 0 Å². The smallest absolute Gasteiger partial charge is 0.329 e. The molecule has 0 aliphatic rings. The molecule has 1 rings (SSSR count). The first-order valence-electron chi connectivity index (χ1n) is 4.73. The lowest BCUT2D eigenvalue weighted by Gasteiger charge is -2.05. The molecule has 0 unspecified atom stereocenters. The van der Waals surface area contributed by atoms with Crippen LogP contribution in [0.5, 0.6) is 0 Å².